The molecule has 6 heteroatoms. The van der Waals surface area contributed by atoms with Crippen LogP contribution in [0.1, 0.15) is 23.6 Å². The van der Waals surface area contributed by atoms with E-state index in [9.17, 15) is 9.59 Å². The number of imide groups is 1. The summed E-state index contributed by atoms with van der Waals surface area (Å²) in [6.07, 6.45) is 0. The van der Waals surface area contributed by atoms with Crippen molar-refractivity contribution in [3.63, 3.8) is 0 Å². The van der Waals surface area contributed by atoms with Gasteiger partial charge in [0.1, 0.15) is 5.54 Å². The molecule has 1 N–H and O–H groups in total. The van der Waals surface area contributed by atoms with Gasteiger partial charge in [0.15, 0.2) is 0 Å². The molecular weight excluding hydrogens is 370 g/mol. The van der Waals surface area contributed by atoms with Crippen LogP contribution in [0.25, 0.3) is 0 Å². The largest absolute Gasteiger partial charge is 0.325 e. The Morgan fingerprint density at radius 3 is 2.54 bits per heavy atom. The van der Waals surface area contributed by atoms with Crippen LogP contribution < -0.4 is 5.32 Å². The third kappa shape index (κ3) is 2.79. The van der Waals surface area contributed by atoms with Crippen molar-refractivity contribution in [1.82, 2.24) is 10.2 Å². The minimum absolute atomic E-state index is 0.167. The summed E-state index contributed by atoms with van der Waals surface area (Å²) in [6.45, 7) is 1.87. The van der Waals surface area contributed by atoms with Crippen LogP contribution in [0.3, 0.4) is 0 Å². The molecule has 2 aromatic carbocycles. The molecule has 0 aromatic heterocycles. The molecule has 120 valence electrons. The van der Waals surface area contributed by atoms with Crippen molar-refractivity contribution in [2.75, 3.05) is 0 Å². The smallest absolute Gasteiger partial charge is 0.319 e. The van der Waals surface area contributed by atoms with Crippen molar-refractivity contribution >= 4 is 27.9 Å². The number of nitrogens with one attached hydrogen (secondary N) is 1. The first-order valence-corrected chi connectivity index (χ1v) is 8.12. The second kappa shape index (κ2) is 6.10. The van der Waals surface area contributed by atoms with Crippen LogP contribution in [0.2, 0.25) is 0 Å². The summed E-state index contributed by atoms with van der Waals surface area (Å²) >= 11 is 3.39. The van der Waals surface area contributed by atoms with Crippen molar-refractivity contribution in [3.8, 4) is 6.07 Å². The molecule has 0 bridgehead atoms. The zero-order chi connectivity index (χ0) is 17.3. The van der Waals surface area contributed by atoms with E-state index in [-0.39, 0.29) is 12.5 Å². The van der Waals surface area contributed by atoms with E-state index in [1.807, 2.05) is 30.3 Å². The lowest BCUT2D eigenvalue weighted by atomic mass is 9.92. The maximum Gasteiger partial charge on any atom is 0.325 e. The van der Waals surface area contributed by atoms with Crippen LogP contribution in [-0.2, 0) is 16.9 Å². The van der Waals surface area contributed by atoms with Gasteiger partial charge in [-0.15, -0.1) is 0 Å². The van der Waals surface area contributed by atoms with Crippen LogP contribution in [0, 0.1) is 11.3 Å². The Bertz CT molecular complexity index is 857. The van der Waals surface area contributed by atoms with Gasteiger partial charge in [0.05, 0.1) is 18.2 Å². The molecule has 1 saturated heterocycles. The van der Waals surface area contributed by atoms with E-state index < -0.39 is 11.6 Å². The number of benzene rings is 2. The van der Waals surface area contributed by atoms with Gasteiger partial charge in [-0.05, 0) is 42.3 Å². The summed E-state index contributed by atoms with van der Waals surface area (Å²) in [4.78, 5) is 26.4. The van der Waals surface area contributed by atoms with E-state index in [0.29, 0.717) is 5.56 Å². The Balaban J connectivity index is 1.87. The lowest BCUT2D eigenvalue weighted by molar-refractivity contribution is -0.131. The van der Waals surface area contributed by atoms with Crippen molar-refractivity contribution in [1.29, 1.82) is 5.26 Å². The third-order valence-electron chi connectivity index (χ3n) is 4.10. The van der Waals surface area contributed by atoms with Gasteiger partial charge in [0.25, 0.3) is 5.91 Å². The number of urea groups is 1. The van der Waals surface area contributed by atoms with Gasteiger partial charge in [-0.25, -0.2) is 4.79 Å². The standard InChI is InChI=1S/C18H14BrN3O2/c1-18(14-3-2-4-15(19)9-14)16(23)22(17(24)21-18)11-13-7-5-12(10-20)6-8-13/h2-9H,11H2,1H3,(H,21,24)/t18-/m1/s1. The molecule has 1 aliphatic heterocycles. The monoisotopic (exact) mass is 383 g/mol. The number of nitrogens with zero attached hydrogens (tertiary/aromatic N) is 2. The highest BCUT2D eigenvalue weighted by Crippen LogP contribution is 2.31. The van der Waals surface area contributed by atoms with Crippen molar-refractivity contribution in [2.24, 2.45) is 0 Å². The molecule has 0 spiro atoms. The van der Waals surface area contributed by atoms with E-state index in [2.05, 4.69) is 21.2 Å². The summed E-state index contributed by atoms with van der Waals surface area (Å²) in [5, 5.41) is 11.6. The molecule has 3 rings (SSSR count). The fraction of sp³-hybridized carbons (Fsp3) is 0.167. The highest BCUT2D eigenvalue weighted by atomic mass is 79.9. The average molecular weight is 384 g/mol. The predicted molar refractivity (Wildman–Crippen MR) is 91.7 cm³/mol. The van der Waals surface area contributed by atoms with Crippen LogP contribution in [0.5, 0.6) is 0 Å². The molecule has 1 atom stereocenters. The highest BCUT2D eigenvalue weighted by molar-refractivity contribution is 9.10. The van der Waals surface area contributed by atoms with Gasteiger partial charge in [0, 0.05) is 4.47 Å². The van der Waals surface area contributed by atoms with E-state index in [4.69, 9.17) is 5.26 Å². The van der Waals surface area contributed by atoms with Gasteiger partial charge in [0.2, 0.25) is 0 Å². The maximum atomic E-state index is 12.9. The maximum absolute atomic E-state index is 12.9. The molecule has 1 aliphatic rings. The van der Waals surface area contributed by atoms with Gasteiger partial charge in [-0.2, -0.15) is 5.26 Å². The number of halogens is 1. The lowest BCUT2D eigenvalue weighted by Gasteiger charge is -2.22. The molecule has 1 heterocycles. The Hall–Kier alpha value is -2.65. The van der Waals surface area contributed by atoms with E-state index in [1.54, 1.807) is 31.2 Å². The lowest BCUT2D eigenvalue weighted by Crippen LogP contribution is -2.40. The third-order valence-corrected chi connectivity index (χ3v) is 4.59. The molecule has 0 aliphatic carbocycles. The highest BCUT2D eigenvalue weighted by Gasteiger charge is 2.48. The first kappa shape index (κ1) is 16.2. The second-order valence-corrected chi connectivity index (χ2v) is 6.68. The second-order valence-electron chi connectivity index (χ2n) is 5.77. The van der Waals surface area contributed by atoms with Crippen LogP contribution in [0.4, 0.5) is 4.79 Å². The predicted octanol–water partition coefficient (Wildman–Crippen LogP) is 3.29. The molecule has 0 radical (unpaired) electrons. The SMILES string of the molecule is C[C@]1(c2cccc(Br)c2)NC(=O)N(Cc2ccc(C#N)cc2)C1=O. The summed E-state index contributed by atoms with van der Waals surface area (Å²) in [5.41, 5.74) is 0.955. The van der Waals surface area contributed by atoms with Crippen LogP contribution in [0.15, 0.2) is 53.0 Å². The van der Waals surface area contributed by atoms with E-state index >= 15 is 0 Å². The van der Waals surface area contributed by atoms with Gasteiger partial charge < -0.3 is 5.32 Å². The van der Waals surface area contributed by atoms with Gasteiger partial charge >= 0.3 is 6.03 Å². The van der Waals surface area contributed by atoms with E-state index in [1.165, 1.54) is 4.90 Å². The molecule has 0 unspecified atom stereocenters. The molecular formula is C18H14BrN3O2. The normalized spacial score (nSPS) is 20.0. The number of amides is 3. The summed E-state index contributed by atoms with van der Waals surface area (Å²) in [5.74, 6) is -0.296. The van der Waals surface area contributed by atoms with Gasteiger partial charge in [-0.1, -0.05) is 40.2 Å². The Labute approximate surface area is 148 Å². The Morgan fingerprint density at radius 2 is 1.92 bits per heavy atom. The summed E-state index contributed by atoms with van der Waals surface area (Å²) < 4.78 is 0.841. The summed E-state index contributed by atoms with van der Waals surface area (Å²) in [6, 6.07) is 15.8. The number of carbonyl (C=O) groups is 2. The molecule has 0 saturated carbocycles. The number of hydrogen-bond acceptors (Lipinski definition) is 3. The molecule has 24 heavy (non-hydrogen) atoms. The topological polar surface area (TPSA) is 73.2 Å². The molecule has 5 nitrogen and oxygen atoms in total. The average Bonchev–Trinajstić information content (AvgIpc) is 2.80. The van der Waals surface area contributed by atoms with Crippen molar-refractivity contribution in [3.05, 3.63) is 69.7 Å². The van der Waals surface area contributed by atoms with Crippen LogP contribution in [-0.4, -0.2) is 16.8 Å². The number of carbonyl (C=O) groups excluding carboxylic acids is 2. The number of rotatable bonds is 3. The first-order valence-electron chi connectivity index (χ1n) is 7.33. The fourth-order valence-electron chi connectivity index (χ4n) is 2.70. The fourth-order valence-corrected chi connectivity index (χ4v) is 3.10. The number of hydrogen-bond donors (Lipinski definition) is 1. The minimum atomic E-state index is -1.09. The molecule has 2 aromatic rings. The summed E-state index contributed by atoms with van der Waals surface area (Å²) in [7, 11) is 0. The zero-order valence-electron chi connectivity index (χ0n) is 12.9. The molecule has 3 amide bonds. The van der Waals surface area contributed by atoms with E-state index in [0.717, 1.165) is 15.6 Å². The van der Waals surface area contributed by atoms with Crippen LogP contribution >= 0.6 is 15.9 Å². The Morgan fingerprint density at radius 1 is 1.21 bits per heavy atom. The van der Waals surface area contributed by atoms with Crippen molar-refractivity contribution in [2.45, 2.75) is 19.0 Å². The minimum Gasteiger partial charge on any atom is -0.319 e. The zero-order valence-corrected chi connectivity index (χ0v) is 14.5. The number of nitriles is 1. The Kier molecular flexibility index (Phi) is 4.12. The first-order chi connectivity index (χ1) is 11.4. The quantitative estimate of drug-likeness (QED) is 0.826. The van der Waals surface area contributed by atoms with Crippen molar-refractivity contribution < 1.29 is 9.59 Å². The van der Waals surface area contributed by atoms with Gasteiger partial charge in [-0.3, -0.25) is 9.69 Å². The molecule has 1 fully saturated rings.